The summed E-state index contributed by atoms with van der Waals surface area (Å²) < 4.78 is 7.24. The summed E-state index contributed by atoms with van der Waals surface area (Å²) in [5, 5.41) is 10.2. The second-order valence-electron chi connectivity index (χ2n) is 4.42. The predicted octanol–water partition coefficient (Wildman–Crippen LogP) is 1.93. The van der Waals surface area contributed by atoms with Crippen LogP contribution in [-0.4, -0.2) is 26.5 Å². The van der Waals surface area contributed by atoms with Crippen LogP contribution in [0.4, 0.5) is 0 Å². The highest BCUT2D eigenvalue weighted by atomic mass is 32.1. The maximum absolute atomic E-state index is 5.48. The molecule has 0 aromatic carbocycles. The Morgan fingerprint density at radius 1 is 1.35 bits per heavy atom. The molecule has 0 unspecified atom stereocenters. The summed E-state index contributed by atoms with van der Waals surface area (Å²) in [4.78, 5) is 5.48. The third kappa shape index (κ3) is 2.94. The monoisotopic (exact) mass is 289 g/mol. The normalized spacial score (nSPS) is 11.1. The van der Waals surface area contributed by atoms with E-state index < -0.39 is 0 Å². The second-order valence-corrected chi connectivity index (χ2v) is 5.37. The van der Waals surface area contributed by atoms with E-state index in [0.717, 1.165) is 29.1 Å². The molecule has 0 spiro atoms. The number of nitrogens with zero attached hydrogens (tertiary/aromatic N) is 4. The molecular weight excluding hydrogens is 274 g/mol. The molecule has 0 aliphatic heterocycles. The highest BCUT2D eigenvalue weighted by Crippen LogP contribution is 2.23. The summed E-state index contributed by atoms with van der Waals surface area (Å²) in [6, 6.07) is 3.96. The molecule has 7 heteroatoms. The van der Waals surface area contributed by atoms with Crippen molar-refractivity contribution in [2.24, 2.45) is 5.73 Å². The Bertz CT molecular complexity index is 658. The van der Waals surface area contributed by atoms with Gasteiger partial charge in [0, 0.05) is 6.20 Å². The lowest BCUT2D eigenvalue weighted by molar-refractivity contribution is 0.569. The SMILES string of the molecule is NCCCc1cn(Cc2coc(-c3cccs3)n2)nn1. The first kappa shape index (κ1) is 13.0. The van der Waals surface area contributed by atoms with Gasteiger partial charge in [0.2, 0.25) is 5.89 Å². The van der Waals surface area contributed by atoms with Gasteiger partial charge in [-0.1, -0.05) is 11.3 Å². The molecule has 104 valence electrons. The molecular formula is C13H15N5OS. The molecule has 0 saturated carbocycles. The molecule has 0 aliphatic carbocycles. The zero-order valence-corrected chi connectivity index (χ0v) is 11.7. The van der Waals surface area contributed by atoms with Crippen LogP contribution in [0.25, 0.3) is 10.8 Å². The Balaban J connectivity index is 1.67. The molecule has 0 radical (unpaired) electrons. The largest absolute Gasteiger partial charge is 0.443 e. The molecule has 6 nitrogen and oxygen atoms in total. The molecule has 0 fully saturated rings. The van der Waals surface area contributed by atoms with Gasteiger partial charge in [0.15, 0.2) is 0 Å². The molecule has 0 aliphatic rings. The topological polar surface area (TPSA) is 82.8 Å². The molecule has 3 heterocycles. The Morgan fingerprint density at radius 3 is 3.10 bits per heavy atom. The first-order valence-corrected chi connectivity index (χ1v) is 7.30. The Labute approximate surface area is 120 Å². The fourth-order valence-corrected chi connectivity index (χ4v) is 2.53. The van der Waals surface area contributed by atoms with E-state index in [9.17, 15) is 0 Å². The third-order valence-corrected chi connectivity index (χ3v) is 3.69. The number of hydrogen-bond donors (Lipinski definition) is 1. The van der Waals surface area contributed by atoms with E-state index in [4.69, 9.17) is 10.2 Å². The fourth-order valence-electron chi connectivity index (χ4n) is 1.87. The minimum absolute atomic E-state index is 0.560. The molecule has 3 aromatic rings. The second kappa shape index (κ2) is 5.98. The first-order valence-electron chi connectivity index (χ1n) is 6.42. The van der Waals surface area contributed by atoms with Crippen LogP contribution in [-0.2, 0) is 13.0 Å². The van der Waals surface area contributed by atoms with E-state index in [2.05, 4.69) is 15.3 Å². The van der Waals surface area contributed by atoms with E-state index in [-0.39, 0.29) is 0 Å². The van der Waals surface area contributed by atoms with Crippen molar-refractivity contribution >= 4 is 11.3 Å². The number of nitrogens with two attached hydrogens (primary N) is 1. The van der Waals surface area contributed by atoms with Crippen LogP contribution in [0.2, 0.25) is 0 Å². The van der Waals surface area contributed by atoms with Gasteiger partial charge in [-0.05, 0) is 30.8 Å². The van der Waals surface area contributed by atoms with Crippen molar-refractivity contribution in [3.8, 4) is 10.8 Å². The quantitative estimate of drug-likeness (QED) is 0.749. The van der Waals surface area contributed by atoms with Crippen LogP contribution >= 0.6 is 11.3 Å². The summed E-state index contributed by atoms with van der Waals surface area (Å²) in [7, 11) is 0. The fraction of sp³-hybridized carbons (Fsp3) is 0.308. The summed E-state index contributed by atoms with van der Waals surface area (Å²) in [5.74, 6) is 0.651. The van der Waals surface area contributed by atoms with Crippen molar-refractivity contribution in [3.63, 3.8) is 0 Å². The Morgan fingerprint density at radius 2 is 2.30 bits per heavy atom. The van der Waals surface area contributed by atoms with Gasteiger partial charge in [-0.15, -0.1) is 16.4 Å². The molecule has 3 rings (SSSR count). The highest BCUT2D eigenvalue weighted by molar-refractivity contribution is 7.13. The number of rotatable bonds is 6. The number of aryl methyl sites for hydroxylation is 1. The molecule has 3 aromatic heterocycles. The van der Waals surface area contributed by atoms with Gasteiger partial charge in [-0.3, -0.25) is 0 Å². The van der Waals surface area contributed by atoms with Crippen LogP contribution in [0.3, 0.4) is 0 Å². The number of hydrogen-bond acceptors (Lipinski definition) is 6. The van der Waals surface area contributed by atoms with Crippen LogP contribution < -0.4 is 5.73 Å². The van der Waals surface area contributed by atoms with E-state index in [1.807, 2.05) is 23.7 Å². The van der Waals surface area contributed by atoms with E-state index in [0.29, 0.717) is 19.0 Å². The Kier molecular flexibility index (Phi) is 3.89. The van der Waals surface area contributed by atoms with Crippen molar-refractivity contribution < 1.29 is 4.42 Å². The minimum Gasteiger partial charge on any atom is -0.443 e. The van der Waals surface area contributed by atoms with Gasteiger partial charge >= 0.3 is 0 Å². The molecule has 0 saturated heterocycles. The summed E-state index contributed by atoms with van der Waals surface area (Å²) in [6.07, 6.45) is 5.37. The lowest BCUT2D eigenvalue weighted by Crippen LogP contribution is -2.01. The van der Waals surface area contributed by atoms with Crippen molar-refractivity contribution in [3.05, 3.63) is 41.4 Å². The lowest BCUT2D eigenvalue weighted by atomic mass is 10.2. The van der Waals surface area contributed by atoms with Crippen LogP contribution in [0.1, 0.15) is 17.8 Å². The van der Waals surface area contributed by atoms with E-state index >= 15 is 0 Å². The molecule has 2 N–H and O–H groups in total. The highest BCUT2D eigenvalue weighted by Gasteiger charge is 2.09. The van der Waals surface area contributed by atoms with Crippen molar-refractivity contribution in [2.75, 3.05) is 6.54 Å². The first-order chi connectivity index (χ1) is 9.85. The Hall–Kier alpha value is -1.99. The molecule has 20 heavy (non-hydrogen) atoms. The zero-order chi connectivity index (χ0) is 13.8. The van der Waals surface area contributed by atoms with Gasteiger partial charge in [0.1, 0.15) is 12.0 Å². The van der Waals surface area contributed by atoms with Crippen molar-refractivity contribution in [1.29, 1.82) is 0 Å². The zero-order valence-electron chi connectivity index (χ0n) is 10.9. The van der Waals surface area contributed by atoms with Crippen LogP contribution in [0, 0.1) is 0 Å². The number of oxazole rings is 1. The number of thiophene rings is 1. The average molecular weight is 289 g/mol. The molecule has 0 bridgehead atoms. The van der Waals surface area contributed by atoms with Crippen LogP contribution in [0.15, 0.2) is 34.4 Å². The third-order valence-electron chi connectivity index (χ3n) is 2.83. The van der Waals surface area contributed by atoms with Crippen molar-refractivity contribution in [1.82, 2.24) is 20.0 Å². The lowest BCUT2D eigenvalue weighted by Gasteiger charge is -1.94. The van der Waals surface area contributed by atoms with Crippen LogP contribution in [0.5, 0.6) is 0 Å². The number of aromatic nitrogens is 4. The summed E-state index contributed by atoms with van der Waals surface area (Å²) in [5.41, 5.74) is 7.27. The molecule has 0 atom stereocenters. The predicted molar refractivity (Wildman–Crippen MR) is 76.3 cm³/mol. The smallest absolute Gasteiger partial charge is 0.236 e. The van der Waals surface area contributed by atoms with Gasteiger partial charge in [0.25, 0.3) is 0 Å². The average Bonchev–Trinajstić information content (AvgIpc) is 3.18. The standard InChI is InChI=1S/C13H15N5OS/c14-5-1-3-10-7-18(17-16-10)8-11-9-19-13(15-11)12-4-2-6-20-12/h2,4,6-7,9H,1,3,5,8,14H2. The maximum Gasteiger partial charge on any atom is 0.236 e. The van der Waals surface area contributed by atoms with Gasteiger partial charge < -0.3 is 10.2 Å². The molecule has 0 amide bonds. The van der Waals surface area contributed by atoms with E-state index in [1.54, 1.807) is 22.3 Å². The van der Waals surface area contributed by atoms with Gasteiger partial charge in [0.05, 0.1) is 17.1 Å². The van der Waals surface area contributed by atoms with Crippen molar-refractivity contribution in [2.45, 2.75) is 19.4 Å². The van der Waals surface area contributed by atoms with E-state index in [1.165, 1.54) is 0 Å². The maximum atomic E-state index is 5.48. The summed E-state index contributed by atoms with van der Waals surface area (Å²) >= 11 is 1.61. The minimum atomic E-state index is 0.560. The van der Waals surface area contributed by atoms with Gasteiger partial charge in [-0.2, -0.15) is 0 Å². The summed E-state index contributed by atoms with van der Waals surface area (Å²) in [6.45, 7) is 1.23. The van der Waals surface area contributed by atoms with Gasteiger partial charge in [-0.25, -0.2) is 9.67 Å².